The first kappa shape index (κ1) is 75.7. The summed E-state index contributed by atoms with van der Waals surface area (Å²) in [6.07, 6.45) is 1.34. The molecule has 26 nitrogen and oxygen atoms in total. The Kier molecular flexibility index (Phi) is 29.0. The number of aromatic amines is 1. The third-order valence-corrected chi connectivity index (χ3v) is 17.6. The molecule has 0 bridgehead atoms. The lowest BCUT2D eigenvalue weighted by molar-refractivity contribution is -0.201. The Hall–Kier alpha value is -7.03. The van der Waals surface area contributed by atoms with E-state index in [1.54, 1.807) is 63.6 Å². The van der Waals surface area contributed by atoms with Crippen molar-refractivity contribution >= 4 is 76.1 Å². The van der Waals surface area contributed by atoms with Gasteiger partial charge in [-0.05, 0) is 109 Å². The molecule has 26 heteroatoms. The highest BCUT2D eigenvalue weighted by Crippen LogP contribution is 2.32. The summed E-state index contributed by atoms with van der Waals surface area (Å²) in [5, 5.41) is 10.7. The summed E-state index contributed by atoms with van der Waals surface area (Å²) >= 11 is 0. The van der Waals surface area contributed by atoms with Crippen molar-refractivity contribution in [3.63, 3.8) is 0 Å². The lowest BCUT2D eigenvalue weighted by atomic mass is 9.85. The average Bonchev–Trinajstić information content (AvgIpc) is 1.68. The number of Topliss-reactive ketones (excluding diaryl/α,β-unsaturated/α-hetero) is 1. The van der Waals surface area contributed by atoms with Crippen LogP contribution in [-0.2, 0) is 83.0 Å². The number of para-hydroxylation sites is 1. The third-order valence-electron chi connectivity index (χ3n) is 17.6. The number of ketones is 1. The first-order chi connectivity index (χ1) is 43.4. The van der Waals surface area contributed by atoms with Crippen LogP contribution in [0.2, 0.25) is 0 Å². The molecule has 11 atom stereocenters. The number of ether oxygens (including phenoxy) is 4. The van der Waals surface area contributed by atoms with Crippen molar-refractivity contribution in [2.75, 3.05) is 61.1 Å². The van der Waals surface area contributed by atoms with Crippen molar-refractivity contribution < 1.29 is 81.4 Å². The number of amides is 8. The SMILES string of the molecule is CC[C@H](C)[C@@H]([C@@H](CC(=O)N1CCC[C@H]1[C@H](OC)[C@@H](C)C(=O)C[C@@H](Cc1c[nH]c2ccccc12)C(=O)N1CCCCO1)OC)N(C)C(=O)[C@@H](NC(=O)[C@H](C(C)C)N(C)CCCC(=O)O[C@H](C)[C@H](NC(=O)OC(C)(C)C)C(=O)NCCC(=O)ON1C(=O)CCC1=O)C(C)C. The van der Waals surface area contributed by atoms with Gasteiger partial charge in [-0.3, -0.25) is 52.9 Å². The number of likely N-dealkylation sites (tertiary alicyclic amines) is 1. The molecule has 0 spiro atoms. The van der Waals surface area contributed by atoms with Gasteiger partial charge >= 0.3 is 18.0 Å². The van der Waals surface area contributed by atoms with E-state index in [-0.39, 0.29) is 92.9 Å². The van der Waals surface area contributed by atoms with Gasteiger partial charge in [-0.15, -0.1) is 5.06 Å². The minimum Gasteiger partial charge on any atom is -0.460 e. The van der Waals surface area contributed by atoms with E-state index in [2.05, 4.69) is 20.9 Å². The summed E-state index contributed by atoms with van der Waals surface area (Å²) in [5.74, 6) is -7.46. The van der Waals surface area contributed by atoms with Gasteiger partial charge in [-0.2, -0.15) is 0 Å². The van der Waals surface area contributed by atoms with Gasteiger partial charge in [0.15, 0.2) is 0 Å². The molecule has 4 heterocycles. The summed E-state index contributed by atoms with van der Waals surface area (Å²) in [4.78, 5) is 168. The number of hydrogen-bond donors (Lipinski definition) is 4. The number of carbonyl (C=O) groups excluding carboxylic acids is 11. The zero-order valence-corrected chi connectivity index (χ0v) is 56.8. The minimum atomic E-state index is -1.48. The largest absolute Gasteiger partial charge is 0.460 e. The zero-order valence-electron chi connectivity index (χ0n) is 56.8. The van der Waals surface area contributed by atoms with Crippen LogP contribution >= 0.6 is 0 Å². The molecule has 0 unspecified atom stereocenters. The molecule has 0 saturated carbocycles. The highest BCUT2D eigenvalue weighted by atomic mass is 16.7. The molecular formula is C66H103N9O17. The maximum Gasteiger partial charge on any atom is 0.408 e. The molecule has 4 N–H and O–H groups in total. The van der Waals surface area contributed by atoms with Gasteiger partial charge in [0.05, 0.1) is 55.7 Å². The maximum absolute atomic E-state index is 14.9. The van der Waals surface area contributed by atoms with Crippen LogP contribution in [0.25, 0.3) is 10.9 Å². The van der Waals surface area contributed by atoms with Crippen LogP contribution in [0.1, 0.15) is 159 Å². The van der Waals surface area contributed by atoms with Gasteiger partial charge in [0.25, 0.3) is 11.8 Å². The molecule has 3 aliphatic rings. The molecular weight excluding hydrogens is 1190 g/mol. The molecule has 514 valence electrons. The molecule has 0 aliphatic carbocycles. The van der Waals surface area contributed by atoms with Gasteiger partial charge in [0.2, 0.25) is 29.5 Å². The van der Waals surface area contributed by atoms with Crippen molar-refractivity contribution in [1.82, 2.24) is 45.8 Å². The molecule has 2 aromatic rings. The smallest absolute Gasteiger partial charge is 0.408 e. The van der Waals surface area contributed by atoms with Crippen molar-refractivity contribution in [2.45, 2.75) is 214 Å². The van der Waals surface area contributed by atoms with E-state index in [0.717, 1.165) is 29.3 Å². The number of imide groups is 1. The van der Waals surface area contributed by atoms with Gasteiger partial charge in [-0.1, -0.05) is 73.1 Å². The number of alkyl carbamates (subject to hydrolysis) is 1. The van der Waals surface area contributed by atoms with Crippen LogP contribution < -0.4 is 16.0 Å². The fraction of sp³-hybridized carbons (Fsp3) is 0.712. The van der Waals surface area contributed by atoms with Crippen molar-refractivity contribution in [1.29, 1.82) is 0 Å². The summed E-state index contributed by atoms with van der Waals surface area (Å²) in [6, 6.07) is 3.53. The predicted octanol–water partition coefficient (Wildman–Crippen LogP) is 5.58. The second-order valence-corrected chi connectivity index (χ2v) is 26.4. The number of likely N-dealkylation sites (N-methyl/N-ethyl adjacent to an activating group) is 2. The maximum atomic E-state index is 14.9. The number of fused-ring (bicyclic) bond motifs is 1. The highest BCUT2D eigenvalue weighted by Gasteiger charge is 2.45. The average molecular weight is 1290 g/mol. The molecule has 3 aliphatic heterocycles. The van der Waals surface area contributed by atoms with E-state index < -0.39 is 114 Å². The van der Waals surface area contributed by atoms with E-state index in [0.29, 0.717) is 50.4 Å². The number of carbonyl (C=O) groups is 11. The van der Waals surface area contributed by atoms with Gasteiger partial charge in [0, 0.05) is 89.6 Å². The van der Waals surface area contributed by atoms with Crippen LogP contribution in [0.5, 0.6) is 0 Å². The second kappa shape index (κ2) is 35.3. The second-order valence-electron chi connectivity index (χ2n) is 26.4. The Bertz CT molecular complexity index is 2850. The van der Waals surface area contributed by atoms with Crippen LogP contribution in [-0.4, -0.2) is 210 Å². The number of hydrogen-bond acceptors (Lipinski definition) is 18. The van der Waals surface area contributed by atoms with Crippen LogP contribution in [0, 0.1) is 29.6 Å². The standard InChI is InChI=1S/C66H103N9O17/c1-16-41(6)59(50(87-14)37-53(79)73-32-21-25-48(73)60(88-15)42(7)49(76)36-44(63(84)74-33-19-20-34-89-74)35-45-38-68-47-24-18-17-23-46(45)47)72(13)64(85)56(39(2)3)69-62(83)58(40(4)5)71(12)31-22-26-54(80)90-43(8)57(70-65(86)91-66(9,10)11)61(82)67-30-29-55(81)92-75-51(77)27-28-52(75)78/h17-18,23-24,38-44,48,50,56-60,68H,16,19-22,25-37H2,1-15H3,(H,67,82)(H,69,83)(H,70,86)/t41-,42-,43+,44+,48-,50+,56-,57-,58-,59-,60+/m0/s1. The molecule has 1 aromatic heterocycles. The first-order valence-electron chi connectivity index (χ1n) is 32.6. The molecule has 3 saturated heterocycles. The number of rotatable bonds is 34. The van der Waals surface area contributed by atoms with E-state index in [9.17, 15) is 52.7 Å². The number of methoxy groups -OCH3 is 2. The predicted molar refractivity (Wildman–Crippen MR) is 339 cm³/mol. The number of aromatic nitrogens is 1. The highest BCUT2D eigenvalue weighted by molar-refractivity contribution is 6.01. The van der Waals surface area contributed by atoms with E-state index >= 15 is 0 Å². The number of nitrogens with zero attached hydrogens (tertiary/aromatic N) is 5. The molecule has 8 amide bonds. The zero-order chi connectivity index (χ0) is 68.3. The number of H-pyrrole nitrogens is 1. The number of benzene rings is 1. The summed E-state index contributed by atoms with van der Waals surface area (Å²) in [6.45, 7) is 20.6. The number of hydroxylamine groups is 4. The normalized spacial score (nSPS) is 18.8. The Labute approximate surface area is 541 Å². The van der Waals surface area contributed by atoms with Crippen molar-refractivity contribution in [3.8, 4) is 0 Å². The Morgan fingerprint density at radius 2 is 1.49 bits per heavy atom. The lowest BCUT2D eigenvalue weighted by Gasteiger charge is -2.41. The van der Waals surface area contributed by atoms with Crippen LogP contribution in [0.15, 0.2) is 30.5 Å². The number of nitrogens with one attached hydrogen (secondary N) is 4. The van der Waals surface area contributed by atoms with Gasteiger partial charge in [-0.25, -0.2) is 14.7 Å². The van der Waals surface area contributed by atoms with Crippen molar-refractivity contribution in [3.05, 3.63) is 36.0 Å². The molecule has 92 heavy (non-hydrogen) atoms. The fourth-order valence-electron chi connectivity index (χ4n) is 12.5. The first-order valence-corrected chi connectivity index (χ1v) is 32.6. The lowest BCUT2D eigenvalue weighted by Crippen LogP contribution is -2.60. The Balaban J connectivity index is 1.20. The molecule has 1 aromatic carbocycles. The molecule has 5 rings (SSSR count). The summed E-state index contributed by atoms with van der Waals surface area (Å²) < 4.78 is 23.2. The number of esters is 1. The Morgan fingerprint density at radius 3 is 2.10 bits per heavy atom. The van der Waals surface area contributed by atoms with E-state index in [1.807, 2.05) is 72.0 Å². The summed E-state index contributed by atoms with van der Waals surface area (Å²) in [7, 11) is 6.45. The van der Waals surface area contributed by atoms with E-state index in [1.165, 1.54) is 19.1 Å². The Morgan fingerprint density at radius 1 is 0.804 bits per heavy atom. The minimum absolute atomic E-state index is 0.0499. The molecule has 3 fully saturated rings. The van der Waals surface area contributed by atoms with Crippen molar-refractivity contribution in [2.24, 2.45) is 29.6 Å². The molecule has 0 radical (unpaired) electrons. The fourth-order valence-corrected chi connectivity index (χ4v) is 12.5. The van der Waals surface area contributed by atoms with Gasteiger partial charge < -0.3 is 54.5 Å². The topological polar surface area (TPSA) is 311 Å². The van der Waals surface area contributed by atoms with Crippen LogP contribution in [0.3, 0.4) is 0 Å². The summed E-state index contributed by atoms with van der Waals surface area (Å²) in [5.41, 5.74) is 0.907. The third kappa shape index (κ3) is 21.0. The van der Waals surface area contributed by atoms with Crippen LogP contribution in [0.4, 0.5) is 4.79 Å². The monoisotopic (exact) mass is 1290 g/mol. The van der Waals surface area contributed by atoms with Gasteiger partial charge in [0.1, 0.15) is 29.6 Å². The quantitative estimate of drug-likeness (QED) is 0.0491. The van der Waals surface area contributed by atoms with E-state index in [4.69, 9.17) is 28.6 Å².